The van der Waals surface area contributed by atoms with E-state index in [1.54, 1.807) is 16.5 Å². The molecule has 0 aromatic carbocycles. The molecule has 0 bridgehead atoms. The van der Waals surface area contributed by atoms with Crippen molar-refractivity contribution in [2.45, 2.75) is 6.42 Å². The number of nitrogens with zero attached hydrogens (tertiary/aromatic N) is 5. The molecule has 2 N–H and O–H groups in total. The highest BCUT2D eigenvalue weighted by Crippen LogP contribution is 2.13. The van der Waals surface area contributed by atoms with Crippen molar-refractivity contribution >= 4 is 11.6 Å². The molecule has 0 aliphatic carbocycles. The first-order valence-corrected chi connectivity index (χ1v) is 5.16. The Hall–Kier alpha value is -2.77. The van der Waals surface area contributed by atoms with Crippen LogP contribution >= 0.6 is 0 Å². The van der Waals surface area contributed by atoms with E-state index in [9.17, 15) is 4.79 Å². The minimum absolute atomic E-state index is 0.115. The Morgan fingerprint density at radius 1 is 1.44 bits per heavy atom. The molecule has 3 rings (SSSR count). The molecule has 8 nitrogen and oxygen atoms in total. The number of H-pyrrole nitrogens is 1. The van der Waals surface area contributed by atoms with Crippen LogP contribution in [-0.4, -0.2) is 41.1 Å². The summed E-state index contributed by atoms with van der Waals surface area (Å²) in [4.78, 5) is 15.2. The number of aromatic carboxylic acids is 1. The molecule has 3 aromatic rings. The topological polar surface area (TPSA) is 109 Å². The van der Waals surface area contributed by atoms with Gasteiger partial charge in [0.25, 0.3) is 0 Å². The lowest BCUT2D eigenvalue weighted by Gasteiger charge is -2.04. The van der Waals surface area contributed by atoms with Crippen LogP contribution in [0.5, 0.6) is 0 Å². The minimum Gasteiger partial charge on any atom is -0.477 e. The summed E-state index contributed by atoms with van der Waals surface area (Å²) in [5.41, 5.74) is 1.43. The molecule has 0 radical (unpaired) electrons. The molecule has 0 amide bonds. The molecule has 90 valence electrons. The van der Waals surface area contributed by atoms with E-state index in [0.29, 0.717) is 17.9 Å². The number of pyridine rings is 1. The standard InChI is InChI=1S/C10H8N6O2/c17-10(18)7-5-11-9-3-1-2-6(16(7)9)4-8-12-14-15-13-8/h1-3,5H,4H2,(H,17,18)(H,12,13,14,15). The number of carboxylic acids is 1. The number of tetrazole rings is 1. The molecule has 0 spiro atoms. The van der Waals surface area contributed by atoms with Gasteiger partial charge < -0.3 is 5.11 Å². The highest BCUT2D eigenvalue weighted by molar-refractivity contribution is 5.86. The number of aromatic nitrogens is 6. The molecule has 0 fully saturated rings. The Morgan fingerprint density at radius 3 is 3.06 bits per heavy atom. The number of nitrogens with one attached hydrogen (secondary N) is 1. The highest BCUT2D eigenvalue weighted by Gasteiger charge is 2.14. The predicted molar refractivity (Wildman–Crippen MR) is 59.1 cm³/mol. The first kappa shape index (κ1) is 10.4. The lowest BCUT2D eigenvalue weighted by Crippen LogP contribution is -2.07. The maximum Gasteiger partial charge on any atom is 0.354 e. The number of fused-ring (bicyclic) bond motifs is 1. The predicted octanol–water partition coefficient (Wildman–Crippen LogP) is 0.136. The monoisotopic (exact) mass is 244 g/mol. The van der Waals surface area contributed by atoms with Crippen LogP contribution in [0.4, 0.5) is 0 Å². The number of rotatable bonds is 3. The summed E-state index contributed by atoms with van der Waals surface area (Å²) in [7, 11) is 0. The summed E-state index contributed by atoms with van der Waals surface area (Å²) >= 11 is 0. The van der Waals surface area contributed by atoms with Crippen LogP contribution in [0.25, 0.3) is 5.65 Å². The Bertz CT molecular complexity index is 702. The number of carbonyl (C=O) groups is 1. The maximum atomic E-state index is 11.1. The fourth-order valence-corrected chi connectivity index (χ4v) is 1.81. The van der Waals surface area contributed by atoms with Gasteiger partial charge in [-0.3, -0.25) is 4.40 Å². The number of hydrogen-bond acceptors (Lipinski definition) is 5. The van der Waals surface area contributed by atoms with Gasteiger partial charge in [0, 0.05) is 5.69 Å². The van der Waals surface area contributed by atoms with E-state index in [2.05, 4.69) is 25.6 Å². The van der Waals surface area contributed by atoms with Crippen LogP contribution in [-0.2, 0) is 6.42 Å². The number of aromatic amines is 1. The SMILES string of the molecule is O=C(O)c1cnc2cccc(Cc3nn[nH]n3)n12. The second-order valence-electron chi connectivity index (χ2n) is 3.66. The zero-order valence-corrected chi connectivity index (χ0v) is 9.11. The second-order valence-corrected chi connectivity index (χ2v) is 3.66. The van der Waals surface area contributed by atoms with Gasteiger partial charge in [0.15, 0.2) is 11.5 Å². The van der Waals surface area contributed by atoms with E-state index in [1.807, 2.05) is 6.07 Å². The molecule has 8 heteroatoms. The summed E-state index contributed by atoms with van der Waals surface area (Å²) in [5, 5.41) is 22.6. The first-order valence-electron chi connectivity index (χ1n) is 5.16. The van der Waals surface area contributed by atoms with Crippen LogP contribution in [0.2, 0.25) is 0 Å². The van der Waals surface area contributed by atoms with Gasteiger partial charge >= 0.3 is 5.97 Å². The third-order valence-electron chi connectivity index (χ3n) is 2.56. The first-order chi connectivity index (χ1) is 8.75. The molecule has 0 unspecified atom stereocenters. The van der Waals surface area contributed by atoms with E-state index < -0.39 is 5.97 Å². The fourth-order valence-electron chi connectivity index (χ4n) is 1.81. The summed E-state index contributed by atoms with van der Waals surface area (Å²) in [6.07, 6.45) is 1.71. The van der Waals surface area contributed by atoms with Crippen molar-refractivity contribution in [1.82, 2.24) is 30.0 Å². The van der Waals surface area contributed by atoms with E-state index in [4.69, 9.17) is 5.11 Å². The van der Waals surface area contributed by atoms with Crippen LogP contribution in [0, 0.1) is 0 Å². The molecule has 3 heterocycles. The zero-order chi connectivity index (χ0) is 12.5. The van der Waals surface area contributed by atoms with Gasteiger partial charge in [-0.25, -0.2) is 9.78 Å². The molecule has 0 aliphatic rings. The number of carboxylic acid groups (broad SMARTS) is 1. The average molecular weight is 244 g/mol. The van der Waals surface area contributed by atoms with Gasteiger partial charge in [-0.2, -0.15) is 5.21 Å². The van der Waals surface area contributed by atoms with Gasteiger partial charge in [-0.15, -0.1) is 10.2 Å². The van der Waals surface area contributed by atoms with Crippen LogP contribution in [0.3, 0.4) is 0 Å². The summed E-state index contributed by atoms with van der Waals surface area (Å²) in [6, 6.07) is 5.35. The van der Waals surface area contributed by atoms with Crippen molar-refractivity contribution in [2.24, 2.45) is 0 Å². The third-order valence-corrected chi connectivity index (χ3v) is 2.56. The van der Waals surface area contributed by atoms with Crippen molar-refractivity contribution < 1.29 is 9.90 Å². The molecular formula is C10H8N6O2. The van der Waals surface area contributed by atoms with E-state index in [0.717, 1.165) is 5.69 Å². The molecule has 0 saturated carbocycles. The molecule has 0 aliphatic heterocycles. The Labute approximate surface area is 100 Å². The zero-order valence-electron chi connectivity index (χ0n) is 9.11. The fraction of sp³-hybridized carbons (Fsp3) is 0.100. The lowest BCUT2D eigenvalue weighted by molar-refractivity contribution is 0.0689. The third kappa shape index (κ3) is 1.59. The number of imidazole rings is 1. The number of hydrogen-bond donors (Lipinski definition) is 2. The molecule has 0 saturated heterocycles. The average Bonchev–Trinajstić information content (AvgIpc) is 2.97. The minimum atomic E-state index is -1.02. The maximum absolute atomic E-state index is 11.1. The van der Waals surface area contributed by atoms with Crippen molar-refractivity contribution in [3.8, 4) is 0 Å². The van der Waals surface area contributed by atoms with Crippen molar-refractivity contribution in [2.75, 3.05) is 0 Å². The smallest absolute Gasteiger partial charge is 0.354 e. The van der Waals surface area contributed by atoms with Crippen LogP contribution in [0.1, 0.15) is 22.0 Å². The van der Waals surface area contributed by atoms with Crippen molar-refractivity contribution in [3.05, 3.63) is 41.6 Å². The van der Waals surface area contributed by atoms with Crippen molar-refractivity contribution in [3.63, 3.8) is 0 Å². The normalized spacial score (nSPS) is 10.9. The molecule has 18 heavy (non-hydrogen) atoms. The summed E-state index contributed by atoms with van der Waals surface area (Å²) < 4.78 is 1.57. The second kappa shape index (κ2) is 3.91. The Balaban J connectivity index is 2.16. The van der Waals surface area contributed by atoms with Crippen LogP contribution in [0.15, 0.2) is 24.4 Å². The van der Waals surface area contributed by atoms with E-state index >= 15 is 0 Å². The van der Waals surface area contributed by atoms with E-state index in [-0.39, 0.29) is 5.69 Å². The van der Waals surface area contributed by atoms with E-state index in [1.165, 1.54) is 6.20 Å². The Kier molecular flexibility index (Phi) is 2.26. The van der Waals surface area contributed by atoms with Crippen molar-refractivity contribution in [1.29, 1.82) is 0 Å². The van der Waals surface area contributed by atoms with Crippen LogP contribution < -0.4 is 0 Å². The molecule has 3 aromatic heterocycles. The molecular weight excluding hydrogens is 236 g/mol. The Morgan fingerprint density at radius 2 is 2.33 bits per heavy atom. The highest BCUT2D eigenvalue weighted by atomic mass is 16.4. The summed E-state index contributed by atoms with van der Waals surface area (Å²) in [5.74, 6) is -0.532. The van der Waals surface area contributed by atoms with Gasteiger partial charge in [0.2, 0.25) is 0 Å². The van der Waals surface area contributed by atoms with Gasteiger partial charge in [0.05, 0.1) is 12.6 Å². The van der Waals surface area contributed by atoms with Gasteiger partial charge in [0.1, 0.15) is 5.65 Å². The lowest BCUT2D eigenvalue weighted by atomic mass is 10.2. The molecule has 0 atom stereocenters. The van der Waals surface area contributed by atoms with Gasteiger partial charge in [-0.05, 0) is 12.1 Å². The summed E-state index contributed by atoms with van der Waals surface area (Å²) in [6.45, 7) is 0. The quantitative estimate of drug-likeness (QED) is 0.678. The largest absolute Gasteiger partial charge is 0.477 e. The van der Waals surface area contributed by atoms with Gasteiger partial charge in [-0.1, -0.05) is 11.3 Å².